The molecule has 0 saturated heterocycles. The van der Waals surface area contributed by atoms with Gasteiger partial charge in [0, 0.05) is 0 Å². The van der Waals surface area contributed by atoms with Crippen molar-refractivity contribution in [3.63, 3.8) is 0 Å². The Labute approximate surface area is 57.9 Å². The normalized spacial score (nSPS) is 10.2. The van der Waals surface area contributed by atoms with Crippen LogP contribution in [0.3, 0.4) is 0 Å². The fraction of sp³-hybridized carbons (Fsp3) is 0. The molecule has 0 bridgehead atoms. The Morgan fingerprint density at radius 1 is 1.33 bits per heavy atom. The van der Waals surface area contributed by atoms with Gasteiger partial charge in [0.25, 0.3) is 0 Å². The van der Waals surface area contributed by atoms with Crippen molar-refractivity contribution in [2.24, 2.45) is 0 Å². The molecule has 0 aromatic heterocycles. The molecule has 0 aliphatic rings. The van der Waals surface area contributed by atoms with Crippen molar-refractivity contribution in [1.82, 2.24) is 0 Å². The Hall–Kier alpha value is 1.45. The maximum absolute atomic E-state index is 9.92. The first kappa shape index (κ1) is 7.45. The second-order valence-corrected chi connectivity index (χ2v) is 4.09. The van der Waals surface area contributed by atoms with E-state index in [0.717, 1.165) is 0 Å². The summed E-state index contributed by atoms with van der Waals surface area (Å²) in [7, 11) is -2.12. The molecule has 6 heteroatoms. The molecule has 0 aliphatic carbocycles. The summed E-state index contributed by atoms with van der Waals surface area (Å²) < 4.78 is 18.4. The van der Waals surface area contributed by atoms with Gasteiger partial charge in [-0.1, -0.05) is 0 Å². The Bertz CT molecular complexity index is 46.8. The third-order valence-corrected chi connectivity index (χ3v) is 2.73. The van der Waals surface area contributed by atoms with E-state index in [0.29, 0.717) is 0 Å². The second-order valence-electron chi connectivity index (χ2n) is 0.386. The topological polar surface area (TPSA) is 35.5 Å². The molecule has 0 unspecified atom stereocenters. The van der Waals surface area contributed by atoms with Crippen LogP contribution < -0.4 is 0 Å². The van der Waals surface area contributed by atoms with E-state index in [4.69, 9.17) is 0 Å². The number of hydrogen-bond donors (Lipinski definition) is 0. The summed E-state index contributed by atoms with van der Waals surface area (Å²) in [6.07, 6.45) is 0. The molecule has 0 aliphatic heterocycles. The SMILES string of the molecule is O=[PH]([O][Ir])[O][Ir]. The molecule has 0 spiro atoms. The molecule has 0 heterocycles. The quantitative estimate of drug-likeness (QED) is 0.553. The van der Waals surface area contributed by atoms with Gasteiger partial charge in [0.2, 0.25) is 0 Å². The minimum absolute atomic E-state index is 1.34. The molecule has 0 rings (SSSR count). The van der Waals surface area contributed by atoms with Crippen molar-refractivity contribution >= 4 is 8.25 Å². The predicted molar refractivity (Wildman–Crippen MR) is 11.2 cm³/mol. The Morgan fingerprint density at radius 3 is 1.67 bits per heavy atom. The van der Waals surface area contributed by atoms with E-state index in [1.165, 1.54) is 38.5 Å². The first-order valence-electron chi connectivity index (χ1n) is 0.885. The van der Waals surface area contributed by atoms with Gasteiger partial charge in [0.1, 0.15) is 0 Å². The molecule has 3 nitrogen and oxygen atoms in total. The fourth-order valence-corrected chi connectivity index (χ4v) is 1.86. The van der Waals surface area contributed by atoms with E-state index in [9.17, 15) is 4.57 Å². The number of hydrogen-bond acceptors (Lipinski definition) is 3. The second kappa shape index (κ2) is 4.60. The van der Waals surface area contributed by atoms with Gasteiger partial charge in [-0.3, -0.25) is 0 Å². The maximum atomic E-state index is 9.92. The van der Waals surface area contributed by atoms with Crippen LogP contribution in [0, 0.1) is 0 Å². The van der Waals surface area contributed by atoms with Crippen LogP contribution >= 0.6 is 8.25 Å². The van der Waals surface area contributed by atoms with Crippen molar-refractivity contribution in [3.8, 4) is 0 Å². The molecular formula is HIr2O3P. The van der Waals surface area contributed by atoms with Gasteiger partial charge in [0.15, 0.2) is 0 Å². The van der Waals surface area contributed by atoms with E-state index in [1.807, 2.05) is 0 Å². The monoisotopic (exact) mass is 466 g/mol. The van der Waals surface area contributed by atoms with Gasteiger partial charge >= 0.3 is 57.9 Å². The fourth-order valence-electron chi connectivity index (χ4n) is 0.00926. The van der Waals surface area contributed by atoms with Crippen LogP contribution in [0.25, 0.3) is 0 Å². The van der Waals surface area contributed by atoms with Gasteiger partial charge in [0.05, 0.1) is 0 Å². The molecule has 0 amide bonds. The van der Waals surface area contributed by atoms with Gasteiger partial charge in [-0.25, -0.2) is 0 Å². The van der Waals surface area contributed by atoms with Crippen molar-refractivity contribution < 1.29 is 49.7 Å². The molecule has 0 N–H and O–H groups in total. The molecule has 0 fully saturated rings. The van der Waals surface area contributed by atoms with E-state index < -0.39 is 8.25 Å². The summed E-state index contributed by atoms with van der Waals surface area (Å²) in [5, 5.41) is 0. The Balaban J connectivity index is 2.99. The zero-order valence-electron chi connectivity index (χ0n) is 2.39. The molecule has 6 heavy (non-hydrogen) atoms. The molecule has 0 saturated carbocycles. The first-order valence-corrected chi connectivity index (χ1v) is 4.06. The number of rotatable bonds is 2. The summed E-state index contributed by atoms with van der Waals surface area (Å²) >= 11 is 2.68. The summed E-state index contributed by atoms with van der Waals surface area (Å²) in [6.45, 7) is 0. The van der Waals surface area contributed by atoms with E-state index in [1.54, 1.807) is 0 Å². The van der Waals surface area contributed by atoms with Crippen LogP contribution in [-0.4, -0.2) is 0 Å². The van der Waals surface area contributed by atoms with Gasteiger partial charge in [-0.15, -0.1) is 0 Å². The molecule has 0 aromatic rings. The van der Waals surface area contributed by atoms with Crippen LogP contribution in [0.15, 0.2) is 0 Å². The van der Waals surface area contributed by atoms with Crippen LogP contribution in [0.5, 0.6) is 0 Å². The third-order valence-electron chi connectivity index (χ3n) is 0.111. The summed E-state index contributed by atoms with van der Waals surface area (Å²) in [4.78, 5) is 0. The van der Waals surface area contributed by atoms with Gasteiger partial charge in [-0.05, 0) is 0 Å². The zero-order valence-corrected chi connectivity index (χ0v) is 8.18. The van der Waals surface area contributed by atoms with Crippen LogP contribution in [0.2, 0.25) is 0 Å². The van der Waals surface area contributed by atoms with Crippen molar-refractivity contribution in [2.45, 2.75) is 0 Å². The van der Waals surface area contributed by atoms with Crippen LogP contribution in [0.4, 0.5) is 0 Å². The van der Waals surface area contributed by atoms with Crippen molar-refractivity contribution in [1.29, 1.82) is 0 Å². The summed E-state index contributed by atoms with van der Waals surface area (Å²) in [5.74, 6) is 0. The molecule has 42 valence electrons. The summed E-state index contributed by atoms with van der Waals surface area (Å²) in [5.41, 5.74) is 0. The van der Waals surface area contributed by atoms with Crippen molar-refractivity contribution in [2.75, 3.05) is 0 Å². The molecule has 0 radical (unpaired) electrons. The zero-order chi connectivity index (χ0) is 4.99. The molecule has 0 atom stereocenters. The van der Waals surface area contributed by atoms with Crippen molar-refractivity contribution in [3.05, 3.63) is 0 Å². The average Bonchev–Trinajstić information content (AvgIpc) is 1.65. The molecule has 0 aromatic carbocycles. The third kappa shape index (κ3) is 3.63. The van der Waals surface area contributed by atoms with Gasteiger partial charge in [-0.2, -0.15) is 0 Å². The van der Waals surface area contributed by atoms with E-state index in [-0.39, 0.29) is 0 Å². The van der Waals surface area contributed by atoms with Crippen LogP contribution in [0.1, 0.15) is 0 Å². The first-order chi connectivity index (χ1) is 2.81. The van der Waals surface area contributed by atoms with Crippen LogP contribution in [-0.2, 0) is 49.7 Å². The van der Waals surface area contributed by atoms with Gasteiger partial charge < -0.3 is 0 Å². The standard InChI is InChI=1S/2Ir.H3O3P/c;;1-4(2)3/h;;4H,(H2,1,2,3)/q2*+1;/p-2. The Kier molecular flexibility index (Phi) is 5.72. The van der Waals surface area contributed by atoms with E-state index >= 15 is 0 Å². The Morgan fingerprint density at radius 2 is 1.67 bits per heavy atom. The average molecular weight is 464 g/mol. The molecular weight excluding hydrogens is 463 g/mol. The predicted octanol–water partition coefficient (Wildman–Crippen LogP) is 0.333. The van der Waals surface area contributed by atoms with E-state index in [2.05, 4.69) is 6.56 Å². The minimum atomic E-state index is -2.12. The summed E-state index contributed by atoms with van der Waals surface area (Å²) in [6, 6.07) is 0.